The molecule has 1 aromatic carbocycles. The Balaban J connectivity index is 1.78. The molecule has 0 aliphatic carbocycles. The summed E-state index contributed by atoms with van der Waals surface area (Å²) in [4.78, 5) is 12.4. The number of aromatic nitrogens is 2. The van der Waals surface area contributed by atoms with Crippen LogP contribution in [0.2, 0.25) is 0 Å². The SMILES string of the molecule is Cc1n[nH]c(C)c1[C@H]1CCCCCN1S(=O)(=O)c1ccc2c(c1)C(=O)NCC2. The molecule has 4 rings (SSSR count). The third kappa shape index (κ3) is 3.24. The van der Waals surface area contributed by atoms with Gasteiger partial charge in [-0.1, -0.05) is 18.9 Å². The van der Waals surface area contributed by atoms with Crippen molar-refractivity contribution in [2.45, 2.75) is 56.9 Å². The molecule has 2 aromatic rings. The van der Waals surface area contributed by atoms with Gasteiger partial charge in [-0.05, 0) is 50.8 Å². The molecule has 1 atom stereocenters. The lowest BCUT2D eigenvalue weighted by Crippen LogP contribution is -2.36. The molecular weight excluding hydrogens is 376 g/mol. The Morgan fingerprint density at radius 3 is 2.75 bits per heavy atom. The van der Waals surface area contributed by atoms with Gasteiger partial charge in [0.15, 0.2) is 0 Å². The highest BCUT2D eigenvalue weighted by Gasteiger charge is 2.36. The third-order valence-corrected chi connectivity index (χ3v) is 7.74. The molecule has 2 N–H and O–H groups in total. The molecule has 7 nitrogen and oxygen atoms in total. The summed E-state index contributed by atoms with van der Waals surface area (Å²) < 4.78 is 28.9. The molecule has 0 saturated carbocycles. The van der Waals surface area contributed by atoms with Gasteiger partial charge in [-0.25, -0.2) is 8.42 Å². The maximum atomic E-state index is 13.6. The van der Waals surface area contributed by atoms with E-state index in [9.17, 15) is 13.2 Å². The van der Waals surface area contributed by atoms with Crippen molar-refractivity contribution in [2.24, 2.45) is 0 Å². The van der Waals surface area contributed by atoms with E-state index in [-0.39, 0.29) is 16.8 Å². The van der Waals surface area contributed by atoms with Crippen LogP contribution in [0.1, 0.15) is 64.6 Å². The van der Waals surface area contributed by atoms with E-state index in [4.69, 9.17) is 0 Å². The molecule has 1 fully saturated rings. The van der Waals surface area contributed by atoms with Gasteiger partial charge in [-0.3, -0.25) is 9.89 Å². The number of nitrogens with zero attached hydrogens (tertiary/aromatic N) is 2. The van der Waals surface area contributed by atoms with Crippen LogP contribution < -0.4 is 5.32 Å². The first kappa shape index (κ1) is 19.1. The quantitative estimate of drug-likeness (QED) is 0.825. The zero-order chi connectivity index (χ0) is 19.9. The second kappa shape index (κ2) is 7.33. The number of sulfonamides is 1. The van der Waals surface area contributed by atoms with Crippen LogP contribution in [0.3, 0.4) is 0 Å². The van der Waals surface area contributed by atoms with Crippen molar-refractivity contribution in [2.75, 3.05) is 13.1 Å². The van der Waals surface area contributed by atoms with Crippen molar-refractivity contribution < 1.29 is 13.2 Å². The number of carbonyl (C=O) groups is 1. The van der Waals surface area contributed by atoms with Crippen LogP contribution in [0.25, 0.3) is 0 Å². The van der Waals surface area contributed by atoms with Gasteiger partial charge in [0.2, 0.25) is 10.0 Å². The number of amides is 1. The van der Waals surface area contributed by atoms with Crippen LogP contribution in [-0.4, -0.2) is 41.9 Å². The van der Waals surface area contributed by atoms with Gasteiger partial charge >= 0.3 is 0 Å². The van der Waals surface area contributed by atoms with Gasteiger partial charge in [-0.15, -0.1) is 0 Å². The second-order valence-corrected chi connectivity index (χ2v) is 9.54. The number of H-pyrrole nitrogens is 1. The van der Waals surface area contributed by atoms with Crippen LogP contribution in [0.4, 0.5) is 0 Å². The first-order chi connectivity index (χ1) is 13.4. The standard InChI is InChI=1S/C20H26N4O3S/c1-13-19(14(2)23-22-13)18-6-4-3-5-11-24(18)28(26,27)16-8-7-15-9-10-21-20(25)17(15)12-16/h7-8,12,18H,3-6,9-11H2,1-2H3,(H,21,25)(H,22,23)/t18-/m1/s1. The Kier molecular flexibility index (Phi) is 5.01. The van der Waals surface area contributed by atoms with Crippen molar-refractivity contribution in [3.8, 4) is 0 Å². The number of rotatable bonds is 3. The molecule has 150 valence electrons. The number of fused-ring (bicyclic) bond motifs is 1. The van der Waals surface area contributed by atoms with Crippen LogP contribution in [0, 0.1) is 13.8 Å². The molecule has 3 heterocycles. The Bertz CT molecular complexity index is 993. The van der Waals surface area contributed by atoms with Crippen molar-refractivity contribution in [1.82, 2.24) is 19.8 Å². The molecule has 0 unspecified atom stereocenters. The molecule has 1 amide bonds. The van der Waals surface area contributed by atoms with Gasteiger partial charge in [0.05, 0.1) is 16.6 Å². The highest BCUT2D eigenvalue weighted by Crippen LogP contribution is 2.37. The predicted octanol–water partition coefficient (Wildman–Crippen LogP) is 2.62. The van der Waals surface area contributed by atoms with E-state index in [0.29, 0.717) is 18.7 Å². The van der Waals surface area contributed by atoms with Crippen LogP contribution in [0.5, 0.6) is 0 Å². The average Bonchev–Trinajstić information content (AvgIpc) is 2.86. The second-order valence-electron chi connectivity index (χ2n) is 7.65. The predicted molar refractivity (Wildman–Crippen MR) is 106 cm³/mol. The Morgan fingerprint density at radius 1 is 1.18 bits per heavy atom. The van der Waals surface area contributed by atoms with E-state index in [2.05, 4.69) is 15.5 Å². The number of aryl methyl sites for hydroxylation is 2. The van der Waals surface area contributed by atoms with Crippen molar-refractivity contribution >= 4 is 15.9 Å². The summed E-state index contributed by atoms with van der Waals surface area (Å²) in [6, 6.07) is 4.72. The molecular formula is C20H26N4O3S. The van der Waals surface area contributed by atoms with Crippen molar-refractivity contribution in [1.29, 1.82) is 0 Å². The van der Waals surface area contributed by atoms with Gasteiger partial charge in [0.25, 0.3) is 5.91 Å². The largest absolute Gasteiger partial charge is 0.352 e. The number of benzene rings is 1. The van der Waals surface area contributed by atoms with E-state index in [0.717, 1.165) is 54.6 Å². The summed E-state index contributed by atoms with van der Waals surface area (Å²) in [6.07, 6.45) is 4.31. The molecule has 0 bridgehead atoms. The van der Waals surface area contributed by atoms with E-state index >= 15 is 0 Å². The smallest absolute Gasteiger partial charge is 0.251 e. The Hall–Kier alpha value is -2.19. The highest BCUT2D eigenvalue weighted by atomic mass is 32.2. The topological polar surface area (TPSA) is 95.2 Å². The van der Waals surface area contributed by atoms with E-state index in [1.165, 1.54) is 6.07 Å². The van der Waals surface area contributed by atoms with E-state index in [1.807, 2.05) is 13.8 Å². The summed E-state index contributed by atoms with van der Waals surface area (Å²) in [5.41, 5.74) is 4.09. The molecule has 1 aromatic heterocycles. The molecule has 0 spiro atoms. The first-order valence-electron chi connectivity index (χ1n) is 9.84. The molecule has 2 aliphatic heterocycles. The van der Waals surface area contributed by atoms with Crippen LogP contribution >= 0.6 is 0 Å². The summed E-state index contributed by atoms with van der Waals surface area (Å²) in [5, 5.41) is 10.1. The molecule has 0 radical (unpaired) electrons. The molecule has 8 heteroatoms. The number of hydrogen-bond donors (Lipinski definition) is 2. The summed E-state index contributed by atoms with van der Waals surface area (Å²) in [6.45, 7) is 4.91. The molecule has 1 saturated heterocycles. The maximum Gasteiger partial charge on any atom is 0.251 e. The lowest BCUT2D eigenvalue weighted by atomic mass is 10.0. The normalized spacial score (nSPS) is 21.1. The Labute approximate surface area is 165 Å². The fourth-order valence-electron chi connectivity index (χ4n) is 4.40. The zero-order valence-electron chi connectivity index (χ0n) is 16.3. The number of carbonyl (C=O) groups excluding carboxylic acids is 1. The van der Waals surface area contributed by atoms with Crippen LogP contribution in [0.15, 0.2) is 23.1 Å². The number of nitrogens with one attached hydrogen (secondary N) is 2. The maximum absolute atomic E-state index is 13.6. The van der Waals surface area contributed by atoms with Crippen molar-refractivity contribution in [3.05, 3.63) is 46.3 Å². The zero-order valence-corrected chi connectivity index (χ0v) is 17.1. The van der Waals surface area contributed by atoms with Gasteiger partial charge in [0.1, 0.15) is 0 Å². The minimum atomic E-state index is -3.74. The third-order valence-electron chi connectivity index (χ3n) is 5.83. The summed E-state index contributed by atoms with van der Waals surface area (Å²) in [7, 11) is -3.74. The lowest BCUT2D eigenvalue weighted by molar-refractivity contribution is 0.0945. The monoisotopic (exact) mass is 402 g/mol. The van der Waals surface area contributed by atoms with E-state index < -0.39 is 10.0 Å². The Morgan fingerprint density at radius 2 is 2.00 bits per heavy atom. The number of hydrogen-bond acceptors (Lipinski definition) is 4. The lowest BCUT2D eigenvalue weighted by Gasteiger charge is -2.30. The van der Waals surface area contributed by atoms with Crippen LogP contribution in [-0.2, 0) is 16.4 Å². The van der Waals surface area contributed by atoms with E-state index in [1.54, 1.807) is 16.4 Å². The summed E-state index contributed by atoms with van der Waals surface area (Å²) in [5.74, 6) is -0.202. The number of aromatic amines is 1. The molecule has 2 aliphatic rings. The minimum Gasteiger partial charge on any atom is -0.352 e. The highest BCUT2D eigenvalue weighted by molar-refractivity contribution is 7.89. The summed E-state index contributed by atoms with van der Waals surface area (Å²) >= 11 is 0. The van der Waals surface area contributed by atoms with Crippen molar-refractivity contribution in [3.63, 3.8) is 0 Å². The van der Waals surface area contributed by atoms with Gasteiger partial charge < -0.3 is 5.32 Å². The fraction of sp³-hybridized carbons (Fsp3) is 0.500. The first-order valence-corrected chi connectivity index (χ1v) is 11.3. The van der Waals surface area contributed by atoms with Gasteiger partial charge in [0, 0.05) is 29.9 Å². The fourth-order valence-corrected chi connectivity index (χ4v) is 6.09. The minimum absolute atomic E-state index is 0.189. The molecule has 28 heavy (non-hydrogen) atoms. The van der Waals surface area contributed by atoms with Gasteiger partial charge in [-0.2, -0.15) is 9.40 Å². The average molecular weight is 403 g/mol.